The van der Waals surface area contributed by atoms with E-state index in [2.05, 4.69) is 0 Å². The van der Waals surface area contributed by atoms with Gasteiger partial charge in [-0.1, -0.05) is 11.6 Å². The fraction of sp³-hybridized carbons (Fsp3) is 0.533. The molecule has 0 aromatic heterocycles. The third kappa shape index (κ3) is 3.09. The van der Waals surface area contributed by atoms with E-state index in [9.17, 15) is 4.79 Å². The van der Waals surface area contributed by atoms with Gasteiger partial charge in [-0.3, -0.25) is 4.79 Å². The van der Waals surface area contributed by atoms with Gasteiger partial charge in [0.15, 0.2) is 0 Å². The summed E-state index contributed by atoms with van der Waals surface area (Å²) in [4.78, 5) is 16.4. The van der Waals surface area contributed by atoms with E-state index in [1.807, 2.05) is 21.9 Å². The number of ether oxygens (including phenoxy) is 1. The number of likely N-dealkylation sites (tertiary alicyclic amines) is 1. The van der Waals surface area contributed by atoms with Gasteiger partial charge in [-0.15, -0.1) is 0 Å². The second kappa shape index (κ2) is 6.12. The molecule has 0 radical (unpaired) electrons. The number of hydrogen-bond acceptors (Lipinski definition) is 4. The lowest BCUT2D eigenvalue weighted by Gasteiger charge is -2.32. The molecule has 0 bridgehead atoms. The summed E-state index contributed by atoms with van der Waals surface area (Å²) in [7, 11) is 0. The zero-order chi connectivity index (χ0) is 14.8. The quantitative estimate of drug-likeness (QED) is 0.915. The van der Waals surface area contributed by atoms with Crippen molar-refractivity contribution < 1.29 is 9.53 Å². The smallest absolute Gasteiger partial charge is 0.242 e. The van der Waals surface area contributed by atoms with Crippen molar-refractivity contribution in [2.45, 2.75) is 6.42 Å². The molecule has 0 saturated carbocycles. The molecule has 1 atom stereocenters. The normalized spacial score (nSPS) is 21.1. The molecule has 21 heavy (non-hydrogen) atoms. The Morgan fingerprint density at radius 2 is 2.29 bits per heavy atom. The summed E-state index contributed by atoms with van der Waals surface area (Å²) in [5.41, 5.74) is 6.58. The Hall–Kier alpha value is -1.46. The van der Waals surface area contributed by atoms with Crippen LogP contribution in [0.4, 0.5) is 5.69 Å². The highest BCUT2D eigenvalue weighted by Gasteiger charge is 2.28. The zero-order valence-corrected chi connectivity index (χ0v) is 12.7. The number of carbonyl (C=O) groups is 1. The van der Waals surface area contributed by atoms with E-state index >= 15 is 0 Å². The molecule has 2 aliphatic heterocycles. The van der Waals surface area contributed by atoms with Crippen LogP contribution < -0.4 is 15.4 Å². The lowest BCUT2D eigenvalue weighted by atomic mass is 10.1. The number of hydrogen-bond donors (Lipinski definition) is 1. The maximum Gasteiger partial charge on any atom is 0.242 e. The first-order valence-electron chi connectivity index (χ1n) is 7.32. The number of carbonyl (C=O) groups excluding carboxylic acids is 1. The zero-order valence-electron chi connectivity index (χ0n) is 11.9. The van der Waals surface area contributed by atoms with Gasteiger partial charge in [0.05, 0.1) is 18.8 Å². The summed E-state index contributed by atoms with van der Waals surface area (Å²) in [6.45, 7) is 3.91. The van der Waals surface area contributed by atoms with Crippen LogP contribution in [0.3, 0.4) is 0 Å². The van der Waals surface area contributed by atoms with Crippen molar-refractivity contribution in [2.75, 3.05) is 44.2 Å². The fourth-order valence-corrected chi connectivity index (χ4v) is 3.09. The summed E-state index contributed by atoms with van der Waals surface area (Å²) >= 11 is 6.05. The number of benzene rings is 1. The van der Waals surface area contributed by atoms with E-state index in [-0.39, 0.29) is 5.91 Å². The van der Waals surface area contributed by atoms with Gasteiger partial charge in [0.1, 0.15) is 12.4 Å². The number of nitrogens with two attached hydrogens (primary N) is 1. The molecule has 2 heterocycles. The minimum absolute atomic E-state index is 0.152. The molecule has 3 rings (SSSR count). The van der Waals surface area contributed by atoms with Gasteiger partial charge in [-0.2, -0.15) is 0 Å². The number of anilines is 1. The largest absolute Gasteiger partial charge is 0.490 e. The van der Waals surface area contributed by atoms with E-state index in [1.165, 1.54) is 0 Å². The number of rotatable bonds is 3. The summed E-state index contributed by atoms with van der Waals surface area (Å²) < 4.78 is 5.61. The maximum atomic E-state index is 12.4. The molecule has 0 spiro atoms. The molecular weight excluding hydrogens is 290 g/mol. The van der Waals surface area contributed by atoms with Gasteiger partial charge in [0.25, 0.3) is 0 Å². The molecule has 6 heteroatoms. The second-order valence-corrected chi connectivity index (χ2v) is 6.05. The van der Waals surface area contributed by atoms with Gasteiger partial charge in [0, 0.05) is 18.1 Å². The van der Waals surface area contributed by atoms with Crippen molar-refractivity contribution in [3.05, 3.63) is 23.2 Å². The van der Waals surface area contributed by atoms with Gasteiger partial charge in [-0.25, -0.2) is 0 Å². The fourth-order valence-electron chi connectivity index (χ4n) is 2.93. The first-order chi connectivity index (χ1) is 10.2. The molecule has 114 valence electrons. The molecule has 1 aromatic carbocycles. The van der Waals surface area contributed by atoms with E-state index in [1.54, 1.807) is 6.07 Å². The van der Waals surface area contributed by atoms with Crippen molar-refractivity contribution in [1.82, 2.24) is 4.90 Å². The second-order valence-electron chi connectivity index (χ2n) is 5.61. The van der Waals surface area contributed by atoms with Crippen molar-refractivity contribution in [3.63, 3.8) is 0 Å². The Balaban J connectivity index is 1.69. The molecule has 1 fully saturated rings. The monoisotopic (exact) mass is 309 g/mol. The molecule has 1 unspecified atom stereocenters. The third-order valence-corrected chi connectivity index (χ3v) is 4.41. The third-order valence-electron chi connectivity index (χ3n) is 4.18. The highest BCUT2D eigenvalue weighted by atomic mass is 35.5. The van der Waals surface area contributed by atoms with E-state index in [4.69, 9.17) is 22.1 Å². The summed E-state index contributed by atoms with van der Waals surface area (Å²) in [6.07, 6.45) is 1.01. The average molecular weight is 310 g/mol. The SMILES string of the molecule is NCC1CCN(C(=O)CN2CCOc3ccc(Cl)cc32)C1. The van der Waals surface area contributed by atoms with Crippen LogP contribution in [0.25, 0.3) is 0 Å². The number of amides is 1. The number of fused-ring (bicyclic) bond motifs is 1. The molecule has 1 saturated heterocycles. The average Bonchev–Trinajstić information content (AvgIpc) is 2.97. The van der Waals surface area contributed by atoms with Crippen LogP contribution in [0.1, 0.15) is 6.42 Å². The molecular formula is C15H20ClN3O2. The van der Waals surface area contributed by atoms with Gasteiger partial charge >= 0.3 is 0 Å². The predicted molar refractivity (Wildman–Crippen MR) is 82.9 cm³/mol. The van der Waals surface area contributed by atoms with Crippen molar-refractivity contribution in [3.8, 4) is 5.75 Å². The van der Waals surface area contributed by atoms with Crippen LogP contribution in [-0.4, -0.2) is 50.1 Å². The minimum Gasteiger partial charge on any atom is -0.490 e. The summed E-state index contributed by atoms with van der Waals surface area (Å²) in [5, 5.41) is 0.654. The molecule has 2 aliphatic rings. The number of halogens is 1. The minimum atomic E-state index is 0.152. The van der Waals surface area contributed by atoms with Crippen LogP contribution in [0.15, 0.2) is 18.2 Å². The number of nitrogens with zero attached hydrogens (tertiary/aromatic N) is 2. The Labute approximate surface area is 129 Å². The van der Waals surface area contributed by atoms with Crippen molar-refractivity contribution >= 4 is 23.2 Å². The van der Waals surface area contributed by atoms with E-state index in [0.29, 0.717) is 37.2 Å². The van der Waals surface area contributed by atoms with Crippen molar-refractivity contribution in [2.24, 2.45) is 11.7 Å². The molecule has 5 nitrogen and oxygen atoms in total. The standard InChI is InChI=1S/C15H20ClN3O2/c16-12-1-2-14-13(7-12)18(5-6-21-14)10-15(20)19-4-3-11(8-17)9-19/h1-2,7,11H,3-6,8-10,17H2. The Bertz CT molecular complexity index is 538. The molecule has 0 aliphatic carbocycles. The van der Waals surface area contributed by atoms with E-state index in [0.717, 1.165) is 30.9 Å². The molecule has 2 N–H and O–H groups in total. The van der Waals surface area contributed by atoms with Crippen LogP contribution in [0, 0.1) is 5.92 Å². The van der Waals surface area contributed by atoms with Crippen LogP contribution >= 0.6 is 11.6 Å². The highest BCUT2D eigenvalue weighted by molar-refractivity contribution is 6.31. The van der Waals surface area contributed by atoms with Crippen LogP contribution in [-0.2, 0) is 4.79 Å². The Morgan fingerprint density at radius 3 is 3.05 bits per heavy atom. The molecule has 1 aromatic rings. The van der Waals surface area contributed by atoms with Crippen LogP contribution in [0.2, 0.25) is 5.02 Å². The maximum absolute atomic E-state index is 12.4. The predicted octanol–water partition coefficient (Wildman–Crippen LogP) is 1.35. The van der Waals surface area contributed by atoms with Gasteiger partial charge < -0.3 is 20.3 Å². The Morgan fingerprint density at radius 1 is 1.43 bits per heavy atom. The first kappa shape index (κ1) is 14.5. The lowest BCUT2D eigenvalue weighted by Crippen LogP contribution is -2.42. The molecule has 1 amide bonds. The highest BCUT2D eigenvalue weighted by Crippen LogP contribution is 2.34. The first-order valence-corrected chi connectivity index (χ1v) is 7.70. The van der Waals surface area contributed by atoms with Gasteiger partial charge in [0.2, 0.25) is 5.91 Å². The summed E-state index contributed by atoms with van der Waals surface area (Å²) in [6, 6.07) is 5.52. The van der Waals surface area contributed by atoms with E-state index < -0.39 is 0 Å². The lowest BCUT2D eigenvalue weighted by molar-refractivity contribution is -0.128. The summed E-state index contributed by atoms with van der Waals surface area (Å²) in [5.74, 6) is 1.39. The van der Waals surface area contributed by atoms with Crippen molar-refractivity contribution in [1.29, 1.82) is 0 Å². The Kier molecular flexibility index (Phi) is 4.22. The van der Waals surface area contributed by atoms with Gasteiger partial charge in [-0.05, 0) is 37.1 Å². The van der Waals surface area contributed by atoms with Crippen LogP contribution in [0.5, 0.6) is 5.75 Å². The topological polar surface area (TPSA) is 58.8 Å².